The molecule has 11 heteroatoms. The SMILES string of the molecule is CC(C)[C@@H](NC(=O)NCC(C)(C)O)C(=O)N1CC[C@](OCOC(=O)[C@H](C)O)(c2ccc(Cl)cc2)C(C)(C)C1. The van der Waals surface area contributed by atoms with Crippen LogP contribution in [0.15, 0.2) is 24.3 Å². The van der Waals surface area contributed by atoms with Crippen LogP contribution in [-0.4, -0.2) is 77.2 Å². The maximum Gasteiger partial charge on any atom is 0.336 e. The van der Waals surface area contributed by atoms with E-state index in [4.69, 9.17) is 21.1 Å². The Balaban J connectivity index is 2.25. The molecule has 1 aromatic rings. The third-order valence-corrected chi connectivity index (χ3v) is 7.04. The lowest BCUT2D eigenvalue weighted by atomic mass is 9.66. The van der Waals surface area contributed by atoms with Gasteiger partial charge < -0.3 is 35.2 Å². The first-order valence-electron chi connectivity index (χ1n) is 12.8. The number of ether oxygens (including phenoxy) is 2. The molecular formula is C27H42ClN3O7. The molecule has 0 aliphatic carbocycles. The molecule has 2 rings (SSSR count). The van der Waals surface area contributed by atoms with Gasteiger partial charge in [0.1, 0.15) is 17.7 Å². The van der Waals surface area contributed by atoms with Crippen molar-refractivity contribution in [1.29, 1.82) is 0 Å². The van der Waals surface area contributed by atoms with Crippen LogP contribution in [0.3, 0.4) is 0 Å². The molecule has 0 aromatic heterocycles. The lowest BCUT2D eigenvalue weighted by molar-refractivity contribution is -0.221. The standard InChI is InChI=1S/C27H42ClN3O7/c1-17(2)21(30-24(35)29-14-26(6,7)36)22(33)31-13-12-27(25(4,5)15-31,19-8-10-20(28)11-9-19)38-16-37-23(34)18(3)32/h8-11,17-18,21,32,36H,12-16H2,1-7H3,(H2,29,30,35)/t18-,21+,27-/m0/s1. The number of piperidine rings is 1. The topological polar surface area (TPSA) is 137 Å². The van der Waals surface area contributed by atoms with Crippen LogP contribution in [-0.2, 0) is 24.7 Å². The number of halogens is 1. The fourth-order valence-electron chi connectivity index (χ4n) is 4.62. The van der Waals surface area contributed by atoms with Crippen LogP contribution < -0.4 is 10.6 Å². The predicted molar refractivity (Wildman–Crippen MR) is 143 cm³/mol. The van der Waals surface area contributed by atoms with Crippen molar-refractivity contribution in [2.24, 2.45) is 11.3 Å². The van der Waals surface area contributed by atoms with Crippen molar-refractivity contribution >= 4 is 29.5 Å². The number of hydrogen-bond acceptors (Lipinski definition) is 7. The van der Waals surface area contributed by atoms with Crippen molar-refractivity contribution in [1.82, 2.24) is 15.5 Å². The highest BCUT2D eigenvalue weighted by molar-refractivity contribution is 6.30. The Bertz CT molecular complexity index is 976. The van der Waals surface area contributed by atoms with Gasteiger partial charge >= 0.3 is 12.0 Å². The van der Waals surface area contributed by atoms with E-state index >= 15 is 0 Å². The lowest BCUT2D eigenvalue weighted by Crippen LogP contribution is -2.62. The van der Waals surface area contributed by atoms with E-state index in [1.165, 1.54) is 6.92 Å². The average molecular weight is 556 g/mol. The molecule has 1 heterocycles. The molecule has 10 nitrogen and oxygen atoms in total. The Morgan fingerprint density at radius 1 is 1.16 bits per heavy atom. The second kappa shape index (κ2) is 12.6. The van der Waals surface area contributed by atoms with Gasteiger partial charge in [0.25, 0.3) is 0 Å². The minimum atomic E-state index is -1.28. The second-order valence-corrected chi connectivity index (χ2v) is 11.9. The fraction of sp³-hybridized carbons (Fsp3) is 0.667. The number of nitrogens with one attached hydrogen (secondary N) is 2. The first-order chi connectivity index (χ1) is 17.5. The molecule has 0 radical (unpaired) electrons. The van der Waals surface area contributed by atoms with Gasteiger partial charge in [0.05, 0.1) is 5.60 Å². The van der Waals surface area contributed by atoms with Crippen LogP contribution in [0, 0.1) is 11.3 Å². The molecule has 38 heavy (non-hydrogen) atoms. The van der Waals surface area contributed by atoms with Crippen LogP contribution in [0.25, 0.3) is 0 Å². The molecule has 3 atom stereocenters. The number of benzene rings is 1. The van der Waals surface area contributed by atoms with E-state index in [2.05, 4.69) is 10.6 Å². The Kier molecular flexibility index (Phi) is 10.6. The van der Waals surface area contributed by atoms with Crippen molar-refractivity contribution in [2.45, 2.75) is 78.2 Å². The zero-order chi connectivity index (χ0) is 28.9. The van der Waals surface area contributed by atoms with E-state index in [-0.39, 0.29) is 25.2 Å². The molecule has 0 unspecified atom stereocenters. The zero-order valence-electron chi connectivity index (χ0n) is 23.3. The summed E-state index contributed by atoms with van der Waals surface area (Å²) in [5.41, 5.74) is -1.86. The molecular weight excluding hydrogens is 514 g/mol. The van der Waals surface area contributed by atoms with Crippen molar-refractivity contribution in [3.8, 4) is 0 Å². The molecule has 3 amide bonds. The number of hydrogen-bond donors (Lipinski definition) is 4. The van der Waals surface area contributed by atoms with Gasteiger partial charge in [-0.2, -0.15) is 0 Å². The van der Waals surface area contributed by atoms with Gasteiger partial charge in [0.15, 0.2) is 6.79 Å². The summed E-state index contributed by atoms with van der Waals surface area (Å²) in [4.78, 5) is 39.6. The number of carbonyl (C=O) groups is 3. The van der Waals surface area contributed by atoms with Crippen LogP contribution in [0.5, 0.6) is 0 Å². The van der Waals surface area contributed by atoms with Crippen molar-refractivity contribution in [3.63, 3.8) is 0 Å². The summed E-state index contributed by atoms with van der Waals surface area (Å²) < 4.78 is 11.4. The number of likely N-dealkylation sites (tertiary alicyclic amines) is 1. The Morgan fingerprint density at radius 2 is 1.76 bits per heavy atom. The summed E-state index contributed by atoms with van der Waals surface area (Å²) in [5.74, 6) is -1.20. The van der Waals surface area contributed by atoms with Gasteiger partial charge in [-0.3, -0.25) is 4.79 Å². The van der Waals surface area contributed by atoms with E-state index < -0.39 is 40.8 Å². The molecule has 0 bridgehead atoms. The minimum Gasteiger partial charge on any atom is -0.437 e. The summed E-state index contributed by atoms with van der Waals surface area (Å²) in [6.07, 6.45) is -0.895. The normalized spacial score (nSPS) is 21.0. The predicted octanol–water partition coefficient (Wildman–Crippen LogP) is 2.79. The Morgan fingerprint density at radius 3 is 2.26 bits per heavy atom. The molecule has 1 aliphatic rings. The molecule has 0 saturated carbocycles. The summed E-state index contributed by atoms with van der Waals surface area (Å²) >= 11 is 6.12. The molecule has 1 saturated heterocycles. The van der Waals surface area contributed by atoms with E-state index in [9.17, 15) is 24.6 Å². The van der Waals surface area contributed by atoms with Crippen molar-refractivity contribution in [2.75, 3.05) is 26.4 Å². The monoisotopic (exact) mass is 555 g/mol. The quantitative estimate of drug-likeness (QED) is 0.257. The highest BCUT2D eigenvalue weighted by Crippen LogP contribution is 2.49. The summed E-state index contributed by atoms with van der Waals surface area (Å²) in [7, 11) is 0. The Hall–Kier alpha value is -2.40. The van der Waals surface area contributed by atoms with E-state index in [0.717, 1.165) is 5.56 Å². The summed E-state index contributed by atoms with van der Waals surface area (Å²) in [6.45, 7) is 12.4. The van der Waals surface area contributed by atoms with Gasteiger partial charge in [0.2, 0.25) is 5.91 Å². The molecule has 1 fully saturated rings. The zero-order valence-corrected chi connectivity index (χ0v) is 24.1. The maximum absolute atomic E-state index is 13.6. The molecule has 214 valence electrons. The number of rotatable bonds is 10. The van der Waals surface area contributed by atoms with Gasteiger partial charge in [-0.05, 0) is 50.8 Å². The highest BCUT2D eigenvalue weighted by Gasteiger charge is 2.53. The largest absolute Gasteiger partial charge is 0.437 e. The highest BCUT2D eigenvalue weighted by atomic mass is 35.5. The molecule has 1 aliphatic heterocycles. The number of amides is 3. The maximum atomic E-state index is 13.6. The first kappa shape index (κ1) is 31.8. The van der Waals surface area contributed by atoms with Gasteiger partial charge in [-0.1, -0.05) is 51.4 Å². The van der Waals surface area contributed by atoms with Gasteiger partial charge in [-0.25, -0.2) is 9.59 Å². The average Bonchev–Trinajstić information content (AvgIpc) is 2.81. The van der Waals surface area contributed by atoms with Crippen LogP contribution in [0.1, 0.15) is 60.5 Å². The van der Waals surface area contributed by atoms with Gasteiger partial charge in [0, 0.05) is 30.1 Å². The number of aliphatic hydroxyl groups excluding tert-OH is 1. The number of carbonyl (C=O) groups excluding carboxylic acids is 3. The van der Waals surface area contributed by atoms with E-state index in [0.29, 0.717) is 24.5 Å². The van der Waals surface area contributed by atoms with E-state index in [1.807, 2.05) is 39.8 Å². The summed E-state index contributed by atoms with van der Waals surface area (Å²) in [6, 6.07) is 5.90. The number of esters is 1. The number of nitrogens with zero attached hydrogens (tertiary/aromatic N) is 1. The summed E-state index contributed by atoms with van der Waals surface area (Å²) in [5, 5.41) is 25.3. The first-order valence-corrected chi connectivity index (χ1v) is 13.2. The van der Waals surface area contributed by atoms with Crippen LogP contribution >= 0.6 is 11.6 Å². The van der Waals surface area contributed by atoms with Crippen LogP contribution in [0.4, 0.5) is 4.79 Å². The fourth-order valence-corrected chi connectivity index (χ4v) is 4.74. The van der Waals surface area contributed by atoms with Crippen LogP contribution in [0.2, 0.25) is 5.02 Å². The van der Waals surface area contributed by atoms with Crippen molar-refractivity contribution < 1.29 is 34.1 Å². The third kappa shape index (κ3) is 8.05. The minimum absolute atomic E-state index is 0.0369. The van der Waals surface area contributed by atoms with Crippen molar-refractivity contribution in [3.05, 3.63) is 34.9 Å². The third-order valence-electron chi connectivity index (χ3n) is 6.78. The number of urea groups is 1. The molecule has 1 aromatic carbocycles. The number of aliphatic hydroxyl groups is 2. The van der Waals surface area contributed by atoms with Gasteiger partial charge in [-0.15, -0.1) is 0 Å². The Labute approximate surface area is 230 Å². The second-order valence-electron chi connectivity index (χ2n) is 11.5. The lowest BCUT2D eigenvalue weighted by Gasteiger charge is -2.53. The molecule has 0 spiro atoms. The molecule has 4 N–H and O–H groups in total. The smallest absolute Gasteiger partial charge is 0.336 e. The van der Waals surface area contributed by atoms with E-state index in [1.54, 1.807) is 30.9 Å².